The van der Waals surface area contributed by atoms with Crippen molar-refractivity contribution in [1.29, 1.82) is 5.26 Å². The number of pyridine rings is 1. The van der Waals surface area contributed by atoms with E-state index < -0.39 is 24.2 Å². The number of fused-ring (bicyclic) bond motifs is 4. The fraction of sp³-hybridized carbons (Fsp3) is 0.423. The van der Waals surface area contributed by atoms with Crippen LogP contribution in [0.5, 0.6) is 0 Å². The predicted molar refractivity (Wildman–Crippen MR) is 127 cm³/mol. The summed E-state index contributed by atoms with van der Waals surface area (Å²) in [6.45, 7) is 2.14. The number of cyclic esters (lactones) is 1. The van der Waals surface area contributed by atoms with E-state index in [1.807, 2.05) is 24.3 Å². The van der Waals surface area contributed by atoms with Gasteiger partial charge in [0.15, 0.2) is 0 Å². The van der Waals surface area contributed by atoms with E-state index in [-0.39, 0.29) is 36.2 Å². The first-order chi connectivity index (χ1) is 17.4. The molecule has 36 heavy (non-hydrogen) atoms. The van der Waals surface area contributed by atoms with Gasteiger partial charge in [-0.3, -0.25) is 19.5 Å². The van der Waals surface area contributed by atoms with Gasteiger partial charge < -0.3 is 20.1 Å². The third-order valence-corrected chi connectivity index (χ3v) is 8.10. The molecule has 10 nitrogen and oxygen atoms in total. The molecule has 6 rings (SSSR count). The number of hydrogen-bond donors (Lipinski definition) is 2. The number of piperidine rings is 1. The molecule has 4 atom stereocenters. The van der Waals surface area contributed by atoms with Gasteiger partial charge in [-0.25, -0.2) is 4.79 Å². The van der Waals surface area contributed by atoms with Crippen LogP contribution in [-0.4, -0.2) is 71.3 Å². The lowest BCUT2D eigenvalue weighted by Gasteiger charge is -2.22. The summed E-state index contributed by atoms with van der Waals surface area (Å²) in [7, 11) is 0. The molecule has 1 saturated carbocycles. The minimum atomic E-state index is -0.684. The summed E-state index contributed by atoms with van der Waals surface area (Å²) in [5.41, 5.74) is 3.75. The largest absolute Gasteiger partial charge is 0.442 e. The van der Waals surface area contributed by atoms with E-state index in [2.05, 4.69) is 22.4 Å². The molecule has 1 aromatic carbocycles. The highest BCUT2D eigenvalue weighted by atomic mass is 16.6. The van der Waals surface area contributed by atoms with E-state index in [0.717, 1.165) is 22.4 Å². The number of aliphatic hydroxyl groups excluding tert-OH is 1. The number of aromatic nitrogens is 1. The standard InChI is InChI=1S/C26H25N5O5/c1-14(33)28-9-22-21-7-17-6-15(2-4-20(17)31(21)25(35)36-22)16-3-5-23(29-8-16)26(13-27)18-10-30(11-19(18)26)24(34)12-32/h2-6,8,18-19,21-22,32H,7,9-12H2,1H3,(H,28,33)/t18?,19?,21-,22?,26?/m0/s1. The molecule has 3 aliphatic heterocycles. The lowest BCUT2D eigenvalue weighted by molar-refractivity contribution is -0.133. The van der Waals surface area contributed by atoms with Crippen LogP contribution in [0.1, 0.15) is 18.2 Å². The Morgan fingerprint density at radius 1 is 1.25 bits per heavy atom. The van der Waals surface area contributed by atoms with E-state index in [9.17, 15) is 19.6 Å². The maximum absolute atomic E-state index is 12.5. The lowest BCUT2D eigenvalue weighted by atomic mass is 9.95. The number of hydrogen-bond acceptors (Lipinski definition) is 7. The molecular weight excluding hydrogens is 462 g/mol. The molecule has 0 radical (unpaired) electrons. The fourth-order valence-electron chi connectivity index (χ4n) is 6.22. The van der Waals surface area contributed by atoms with Crippen molar-refractivity contribution in [3.8, 4) is 17.2 Å². The number of carbonyl (C=O) groups excluding carboxylic acids is 3. The Morgan fingerprint density at radius 3 is 2.64 bits per heavy atom. The molecule has 1 aliphatic carbocycles. The van der Waals surface area contributed by atoms with Crippen LogP contribution in [0.15, 0.2) is 36.5 Å². The number of anilines is 1. The van der Waals surface area contributed by atoms with Crippen molar-refractivity contribution in [2.24, 2.45) is 11.8 Å². The zero-order valence-electron chi connectivity index (χ0n) is 19.7. The Kier molecular flexibility index (Phi) is 5.02. The van der Waals surface area contributed by atoms with Crippen molar-refractivity contribution < 1.29 is 24.2 Å². The minimum absolute atomic E-state index is 0.0370. The second-order valence-corrected chi connectivity index (χ2v) is 9.93. The summed E-state index contributed by atoms with van der Waals surface area (Å²) in [5, 5.41) is 21.8. The van der Waals surface area contributed by atoms with Crippen molar-refractivity contribution in [2.75, 3.05) is 31.1 Å². The van der Waals surface area contributed by atoms with Crippen LogP contribution >= 0.6 is 0 Å². The number of rotatable bonds is 5. The SMILES string of the molecule is CC(=O)NCC1OC(=O)N2c3ccc(-c4ccc(C5(C#N)C6CN(C(=O)CO)CC65)nc4)cc3C[C@@H]12. The van der Waals surface area contributed by atoms with Gasteiger partial charge >= 0.3 is 6.09 Å². The molecule has 4 aliphatic rings. The Morgan fingerprint density at radius 2 is 2.00 bits per heavy atom. The van der Waals surface area contributed by atoms with Gasteiger partial charge in [-0.05, 0) is 35.7 Å². The Balaban J connectivity index is 1.20. The topological polar surface area (TPSA) is 136 Å². The number of nitrogens with one attached hydrogen (secondary N) is 1. The highest BCUT2D eigenvalue weighted by Crippen LogP contribution is 2.62. The van der Waals surface area contributed by atoms with Gasteiger partial charge in [-0.2, -0.15) is 5.26 Å². The normalized spacial score (nSPS) is 29.2. The zero-order valence-corrected chi connectivity index (χ0v) is 19.7. The summed E-state index contributed by atoms with van der Waals surface area (Å²) in [5.74, 6) is -0.392. The highest BCUT2D eigenvalue weighted by Gasteiger charge is 2.71. The Hall–Kier alpha value is -3.97. The van der Waals surface area contributed by atoms with Gasteiger partial charge in [0.05, 0.1) is 30.0 Å². The number of ether oxygens (including phenoxy) is 1. The number of carbonyl (C=O) groups is 3. The van der Waals surface area contributed by atoms with Crippen LogP contribution in [0, 0.1) is 23.2 Å². The third kappa shape index (κ3) is 3.19. The molecule has 1 aromatic heterocycles. The molecule has 4 heterocycles. The first-order valence-corrected chi connectivity index (χ1v) is 12.0. The molecule has 3 fully saturated rings. The van der Waals surface area contributed by atoms with Crippen LogP contribution in [0.2, 0.25) is 0 Å². The highest BCUT2D eigenvalue weighted by molar-refractivity contribution is 5.94. The maximum atomic E-state index is 12.5. The van der Waals surface area contributed by atoms with Crippen molar-refractivity contribution >= 4 is 23.6 Å². The van der Waals surface area contributed by atoms with Crippen molar-refractivity contribution in [1.82, 2.24) is 15.2 Å². The van der Waals surface area contributed by atoms with Gasteiger partial charge in [-0.15, -0.1) is 0 Å². The molecule has 0 bridgehead atoms. The molecule has 2 saturated heterocycles. The molecule has 10 heteroatoms. The maximum Gasteiger partial charge on any atom is 0.415 e. The van der Waals surface area contributed by atoms with E-state index in [4.69, 9.17) is 9.84 Å². The second-order valence-electron chi connectivity index (χ2n) is 9.93. The number of nitrogens with zero attached hydrogens (tertiary/aromatic N) is 4. The van der Waals surface area contributed by atoms with Crippen molar-refractivity contribution in [3.63, 3.8) is 0 Å². The van der Waals surface area contributed by atoms with Crippen LogP contribution in [0.25, 0.3) is 11.1 Å². The van der Waals surface area contributed by atoms with Crippen LogP contribution in [0.3, 0.4) is 0 Å². The predicted octanol–water partition coefficient (Wildman–Crippen LogP) is 0.976. The average molecular weight is 488 g/mol. The first kappa shape index (κ1) is 22.5. The minimum Gasteiger partial charge on any atom is -0.442 e. The van der Waals surface area contributed by atoms with Gasteiger partial charge in [0.1, 0.15) is 18.1 Å². The van der Waals surface area contributed by atoms with E-state index >= 15 is 0 Å². The molecule has 3 unspecified atom stereocenters. The van der Waals surface area contributed by atoms with Crippen LogP contribution in [-0.2, 0) is 26.2 Å². The van der Waals surface area contributed by atoms with Crippen molar-refractivity contribution in [3.05, 3.63) is 47.8 Å². The zero-order chi connectivity index (χ0) is 25.2. The van der Waals surface area contributed by atoms with Crippen LogP contribution < -0.4 is 10.2 Å². The fourth-order valence-corrected chi connectivity index (χ4v) is 6.22. The molecular formula is C26H25N5O5. The average Bonchev–Trinajstić information content (AvgIpc) is 3.26. The monoisotopic (exact) mass is 487 g/mol. The second kappa shape index (κ2) is 8.03. The molecule has 0 spiro atoms. The quantitative estimate of drug-likeness (QED) is 0.642. The number of benzene rings is 1. The molecule has 2 aromatic rings. The number of nitriles is 1. The van der Waals surface area contributed by atoms with Crippen molar-refractivity contribution in [2.45, 2.75) is 30.9 Å². The van der Waals surface area contributed by atoms with E-state index in [1.165, 1.54) is 6.92 Å². The summed E-state index contributed by atoms with van der Waals surface area (Å²) < 4.78 is 5.47. The van der Waals surface area contributed by atoms with Crippen LogP contribution in [0.4, 0.5) is 10.5 Å². The Bertz CT molecular complexity index is 1310. The third-order valence-electron chi connectivity index (χ3n) is 8.10. The number of amides is 3. The lowest BCUT2D eigenvalue weighted by Crippen LogP contribution is -2.40. The smallest absolute Gasteiger partial charge is 0.415 e. The number of aliphatic hydroxyl groups is 1. The first-order valence-electron chi connectivity index (χ1n) is 12.0. The summed E-state index contributed by atoms with van der Waals surface area (Å²) in [4.78, 5) is 43.5. The summed E-state index contributed by atoms with van der Waals surface area (Å²) in [6.07, 6.45) is 1.60. The Labute approximate surface area is 207 Å². The van der Waals surface area contributed by atoms with E-state index in [0.29, 0.717) is 25.2 Å². The van der Waals surface area contributed by atoms with Gasteiger partial charge in [0.25, 0.3) is 0 Å². The number of likely N-dealkylation sites (tertiary alicyclic amines) is 1. The van der Waals surface area contributed by atoms with Gasteiger partial charge in [0.2, 0.25) is 11.8 Å². The van der Waals surface area contributed by atoms with E-state index in [1.54, 1.807) is 16.0 Å². The molecule has 2 N–H and O–H groups in total. The van der Waals surface area contributed by atoms with Gasteiger partial charge in [-0.1, -0.05) is 12.1 Å². The molecule has 3 amide bonds. The molecule has 184 valence electrons. The summed E-state index contributed by atoms with van der Waals surface area (Å²) >= 11 is 0. The summed E-state index contributed by atoms with van der Waals surface area (Å²) in [6, 6.07) is 12.0. The van der Waals surface area contributed by atoms with Gasteiger partial charge in [0, 0.05) is 43.6 Å².